The number of likely N-dealkylation sites (N-methyl/N-ethyl adjacent to an activating group) is 1. The van der Waals surface area contributed by atoms with Crippen LogP contribution in [-0.4, -0.2) is 68.6 Å². The van der Waals surface area contributed by atoms with E-state index < -0.39 is 16.2 Å². The average Bonchev–Trinajstić information content (AvgIpc) is 2.35. The zero-order valence-corrected chi connectivity index (χ0v) is 13.1. The van der Waals surface area contributed by atoms with Crippen LogP contribution >= 0.6 is 0 Å². The minimum atomic E-state index is -3.84. The predicted octanol–water partition coefficient (Wildman–Crippen LogP) is -0.118. The van der Waals surface area contributed by atoms with E-state index in [0.717, 1.165) is 5.56 Å². The van der Waals surface area contributed by atoms with Gasteiger partial charge in [-0.05, 0) is 19.1 Å². The summed E-state index contributed by atoms with van der Waals surface area (Å²) in [5.41, 5.74) is 0.961. The summed E-state index contributed by atoms with van der Waals surface area (Å²) in [6, 6.07) is 6.36. The van der Waals surface area contributed by atoms with Crippen molar-refractivity contribution in [3.8, 4) is 0 Å². The Morgan fingerprint density at radius 2 is 1.90 bits per heavy atom. The molecule has 1 saturated heterocycles. The Labute approximate surface area is 125 Å². The van der Waals surface area contributed by atoms with Crippen LogP contribution in [0.2, 0.25) is 0 Å². The number of likely N-dealkylation sites (tertiary alicyclic amines) is 1. The van der Waals surface area contributed by atoms with Gasteiger partial charge in [0.25, 0.3) is 10.1 Å². The number of hydrogen-bond acceptors (Lipinski definition) is 5. The first-order valence-electron chi connectivity index (χ1n) is 6.86. The smallest absolute Gasteiger partial charge is 0.297 e. The predicted molar refractivity (Wildman–Crippen MR) is 77.1 cm³/mol. The number of hydrogen-bond donors (Lipinski definition) is 2. The van der Waals surface area contributed by atoms with Gasteiger partial charge in [-0.1, -0.05) is 17.7 Å². The third-order valence-corrected chi connectivity index (χ3v) is 4.98. The van der Waals surface area contributed by atoms with Crippen LogP contribution in [0.25, 0.3) is 0 Å². The van der Waals surface area contributed by atoms with Gasteiger partial charge in [-0.15, -0.1) is 0 Å². The molecule has 1 atom stereocenters. The summed E-state index contributed by atoms with van der Waals surface area (Å²) in [7, 11) is -1.94. The molecule has 2 N–H and O–H groups in total. The van der Waals surface area contributed by atoms with Crippen LogP contribution in [0.3, 0.4) is 0 Å². The molecule has 21 heavy (non-hydrogen) atoms. The molecule has 1 aromatic carbocycles. The van der Waals surface area contributed by atoms with Crippen molar-refractivity contribution in [2.75, 3.05) is 33.3 Å². The number of rotatable bonds is 6. The molecule has 1 fully saturated rings. The first-order chi connectivity index (χ1) is 9.70. The highest BCUT2D eigenvalue weighted by Gasteiger charge is 2.40. The molecule has 1 aliphatic heterocycles. The molecule has 0 bridgehead atoms. The molecule has 0 aliphatic carbocycles. The quantitative estimate of drug-likeness (QED) is 0.565. The van der Waals surface area contributed by atoms with E-state index in [1.54, 1.807) is 12.1 Å². The lowest BCUT2D eigenvalue weighted by Crippen LogP contribution is -2.66. The molecule has 2 rings (SSSR count). The van der Waals surface area contributed by atoms with Gasteiger partial charge in [0.15, 0.2) is 6.10 Å². The lowest BCUT2D eigenvalue weighted by atomic mass is 10.1. The first-order valence-corrected chi connectivity index (χ1v) is 8.27. The lowest BCUT2D eigenvalue weighted by molar-refractivity contribution is -0.957. The molecule has 1 heterocycles. The van der Waals surface area contributed by atoms with Crippen molar-refractivity contribution < 1.29 is 27.3 Å². The molecule has 1 aliphatic rings. The molecule has 1 unspecified atom stereocenters. The number of aliphatic hydroxyl groups is 2. The van der Waals surface area contributed by atoms with E-state index in [1.165, 1.54) is 12.1 Å². The fraction of sp³-hybridized carbons (Fsp3) is 0.571. The van der Waals surface area contributed by atoms with Crippen LogP contribution in [0.1, 0.15) is 5.56 Å². The third kappa shape index (κ3) is 4.24. The summed E-state index contributed by atoms with van der Waals surface area (Å²) < 4.78 is 29.4. The monoisotopic (exact) mass is 316 g/mol. The standard InChI is InChI=1S/C14H22NO5S/c1-11-3-5-14(6-4-11)21(18,19)20-10-13(17)9-15(2)7-12(16)8-15/h3-6,12-13,16-17H,7-10H2,1-2H3/q+1. The van der Waals surface area contributed by atoms with Crippen LogP contribution in [0.4, 0.5) is 0 Å². The van der Waals surface area contributed by atoms with Crippen molar-refractivity contribution in [2.24, 2.45) is 0 Å². The van der Waals surface area contributed by atoms with Crippen molar-refractivity contribution in [1.29, 1.82) is 0 Å². The van der Waals surface area contributed by atoms with Gasteiger partial charge in [-0.2, -0.15) is 8.42 Å². The molecule has 0 amide bonds. The van der Waals surface area contributed by atoms with Gasteiger partial charge in [0.2, 0.25) is 0 Å². The minimum absolute atomic E-state index is 0.0834. The number of quaternary nitrogens is 1. The number of aryl methyl sites for hydroxylation is 1. The van der Waals surface area contributed by atoms with Crippen LogP contribution < -0.4 is 0 Å². The van der Waals surface area contributed by atoms with Gasteiger partial charge >= 0.3 is 0 Å². The Bertz CT molecular complexity index is 578. The molecule has 0 radical (unpaired) electrons. The van der Waals surface area contributed by atoms with E-state index in [1.807, 2.05) is 14.0 Å². The van der Waals surface area contributed by atoms with E-state index in [9.17, 15) is 18.6 Å². The van der Waals surface area contributed by atoms with Crippen molar-refractivity contribution in [1.82, 2.24) is 0 Å². The SMILES string of the molecule is Cc1ccc(S(=O)(=O)OCC(O)C[N+]2(C)CC(O)C2)cc1. The van der Waals surface area contributed by atoms with E-state index in [4.69, 9.17) is 4.18 Å². The summed E-state index contributed by atoms with van der Waals surface area (Å²) in [5.74, 6) is 0. The zero-order valence-electron chi connectivity index (χ0n) is 12.3. The molecule has 118 valence electrons. The van der Waals surface area contributed by atoms with Crippen molar-refractivity contribution in [3.05, 3.63) is 29.8 Å². The van der Waals surface area contributed by atoms with Crippen molar-refractivity contribution in [2.45, 2.75) is 24.0 Å². The van der Waals surface area contributed by atoms with Crippen LogP contribution in [-0.2, 0) is 14.3 Å². The van der Waals surface area contributed by atoms with E-state index >= 15 is 0 Å². The second-order valence-electron chi connectivity index (χ2n) is 6.03. The lowest BCUT2D eigenvalue weighted by Gasteiger charge is -2.46. The minimum Gasteiger partial charge on any atom is -0.385 e. The molecule has 0 aromatic heterocycles. The normalized spacial score (nSPS) is 27.1. The Balaban J connectivity index is 1.88. The third-order valence-electron chi connectivity index (χ3n) is 3.68. The Hall–Kier alpha value is -0.990. The molecule has 0 saturated carbocycles. The van der Waals surface area contributed by atoms with Crippen molar-refractivity contribution >= 4 is 10.1 Å². The van der Waals surface area contributed by atoms with Gasteiger partial charge < -0.3 is 14.7 Å². The largest absolute Gasteiger partial charge is 0.385 e. The topological polar surface area (TPSA) is 83.8 Å². The Kier molecular flexibility index (Phi) is 4.69. The summed E-state index contributed by atoms with van der Waals surface area (Å²) in [4.78, 5) is 0.0834. The second kappa shape index (κ2) is 6.02. The summed E-state index contributed by atoms with van der Waals surface area (Å²) in [6.07, 6.45) is -1.22. The molecule has 7 heteroatoms. The maximum atomic E-state index is 12.0. The zero-order chi connectivity index (χ0) is 15.7. The van der Waals surface area contributed by atoms with E-state index in [0.29, 0.717) is 24.1 Å². The molecular weight excluding hydrogens is 294 g/mol. The summed E-state index contributed by atoms with van der Waals surface area (Å²) in [5, 5.41) is 19.2. The fourth-order valence-electron chi connectivity index (χ4n) is 2.62. The van der Waals surface area contributed by atoms with E-state index in [-0.39, 0.29) is 17.6 Å². The number of nitrogens with zero attached hydrogens (tertiary/aromatic N) is 1. The Morgan fingerprint density at radius 1 is 1.33 bits per heavy atom. The van der Waals surface area contributed by atoms with Crippen molar-refractivity contribution in [3.63, 3.8) is 0 Å². The molecular formula is C14H22NO5S+. The van der Waals surface area contributed by atoms with Gasteiger partial charge in [0.1, 0.15) is 25.7 Å². The highest BCUT2D eigenvalue weighted by molar-refractivity contribution is 7.86. The highest BCUT2D eigenvalue weighted by Crippen LogP contribution is 2.19. The van der Waals surface area contributed by atoms with Gasteiger partial charge in [0, 0.05) is 0 Å². The van der Waals surface area contributed by atoms with Gasteiger partial charge in [0.05, 0.1) is 18.6 Å². The second-order valence-corrected chi connectivity index (χ2v) is 7.64. The van der Waals surface area contributed by atoms with Crippen LogP contribution in [0.15, 0.2) is 29.2 Å². The van der Waals surface area contributed by atoms with Gasteiger partial charge in [-0.25, -0.2) is 0 Å². The van der Waals surface area contributed by atoms with Gasteiger partial charge in [-0.3, -0.25) is 4.18 Å². The molecule has 1 aromatic rings. The molecule has 6 nitrogen and oxygen atoms in total. The highest BCUT2D eigenvalue weighted by atomic mass is 32.2. The van der Waals surface area contributed by atoms with Crippen LogP contribution in [0.5, 0.6) is 0 Å². The maximum absolute atomic E-state index is 12.0. The maximum Gasteiger partial charge on any atom is 0.297 e. The first kappa shape index (κ1) is 16.4. The van der Waals surface area contributed by atoms with Crippen LogP contribution in [0, 0.1) is 6.92 Å². The Morgan fingerprint density at radius 3 is 2.43 bits per heavy atom. The molecule has 0 spiro atoms. The van der Waals surface area contributed by atoms with E-state index in [2.05, 4.69) is 0 Å². The average molecular weight is 316 g/mol. The number of aliphatic hydroxyl groups excluding tert-OH is 2. The summed E-state index contributed by atoms with van der Waals surface area (Å²) >= 11 is 0. The fourth-order valence-corrected chi connectivity index (χ4v) is 3.56. The summed E-state index contributed by atoms with van der Waals surface area (Å²) in [6.45, 7) is 3.09. The number of benzene rings is 1.